The molecule has 0 N–H and O–H groups in total. The summed E-state index contributed by atoms with van der Waals surface area (Å²) in [7, 11) is 1.69. The summed E-state index contributed by atoms with van der Waals surface area (Å²) < 4.78 is 6.30. The van der Waals surface area contributed by atoms with Gasteiger partial charge in [-0.2, -0.15) is 0 Å². The average Bonchev–Trinajstić information content (AvgIpc) is 2.76. The maximum absolute atomic E-state index is 5.13. The van der Waals surface area contributed by atoms with Crippen LogP contribution < -0.4 is 4.74 Å². The third-order valence-corrected chi connectivity index (χ3v) is 4.51. The molecule has 1 heterocycles. The molecule has 90 valence electrons. The molecule has 0 saturated carbocycles. The molecule has 0 aliphatic heterocycles. The van der Waals surface area contributed by atoms with E-state index in [-0.39, 0.29) is 0 Å². The molecule has 2 aromatic rings. The minimum absolute atomic E-state index is 0.914. The van der Waals surface area contributed by atoms with Crippen LogP contribution in [0.1, 0.15) is 11.3 Å². The Morgan fingerprint density at radius 2 is 2.06 bits per heavy atom. The van der Waals surface area contributed by atoms with Crippen LogP contribution >= 0.6 is 23.1 Å². The Balaban J connectivity index is 1.81. The van der Waals surface area contributed by atoms with Gasteiger partial charge in [-0.15, -0.1) is 11.3 Å². The second-order valence-electron chi connectivity index (χ2n) is 3.70. The van der Waals surface area contributed by atoms with Crippen LogP contribution in [0.25, 0.3) is 0 Å². The smallest absolute Gasteiger partial charge is 0.150 e. The number of aryl methyl sites for hydroxylation is 2. The molecule has 0 aliphatic carbocycles. The van der Waals surface area contributed by atoms with Crippen molar-refractivity contribution in [2.24, 2.45) is 0 Å². The quantitative estimate of drug-likeness (QED) is 0.768. The van der Waals surface area contributed by atoms with E-state index >= 15 is 0 Å². The summed E-state index contributed by atoms with van der Waals surface area (Å²) in [6.45, 7) is 2.03. The number of hydrogen-bond acceptors (Lipinski definition) is 4. The van der Waals surface area contributed by atoms with Crippen molar-refractivity contribution in [2.75, 3.05) is 12.9 Å². The molecule has 2 nitrogen and oxygen atoms in total. The van der Waals surface area contributed by atoms with E-state index in [9.17, 15) is 0 Å². The van der Waals surface area contributed by atoms with Crippen LogP contribution in [0.5, 0.6) is 5.75 Å². The van der Waals surface area contributed by atoms with E-state index in [1.807, 2.05) is 30.8 Å². The molecule has 0 atom stereocenters. The number of rotatable bonds is 5. The molecule has 0 spiro atoms. The maximum atomic E-state index is 5.13. The zero-order valence-electron chi connectivity index (χ0n) is 9.97. The fourth-order valence-corrected chi connectivity index (χ4v) is 3.36. The minimum Gasteiger partial charge on any atom is -0.497 e. The van der Waals surface area contributed by atoms with E-state index in [1.165, 1.54) is 5.56 Å². The maximum Gasteiger partial charge on any atom is 0.150 e. The fourth-order valence-electron chi connectivity index (χ4n) is 1.45. The van der Waals surface area contributed by atoms with Crippen molar-refractivity contribution in [3.8, 4) is 5.75 Å². The first-order chi connectivity index (χ1) is 8.28. The molecule has 2 rings (SSSR count). The number of benzene rings is 1. The van der Waals surface area contributed by atoms with Crippen molar-refractivity contribution in [1.82, 2.24) is 4.98 Å². The number of thiazole rings is 1. The lowest BCUT2D eigenvalue weighted by atomic mass is 10.2. The van der Waals surface area contributed by atoms with Gasteiger partial charge < -0.3 is 4.74 Å². The van der Waals surface area contributed by atoms with Gasteiger partial charge in [0.1, 0.15) is 10.1 Å². The predicted molar refractivity (Wildman–Crippen MR) is 74.3 cm³/mol. The van der Waals surface area contributed by atoms with E-state index in [2.05, 4.69) is 22.5 Å². The van der Waals surface area contributed by atoms with Crippen molar-refractivity contribution < 1.29 is 4.74 Å². The lowest BCUT2D eigenvalue weighted by molar-refractivity contribution is 0.414. The molecule has 1 aromatic carbocycles. The standard InChI is InChI=1S/C13H15NOS2/c1-10-9-17-13(14-10)16-8-7-11-3-5-12(15-2)6-4-11/h3-6,9H,7-8H2,1-2H3. The first-order valence-electron chi connectivity index (χ1n) is 5.46. The summed E-state index contributed by atoms with van der Waals surface area (Å²) in [5, 5.41) is 2.09. The molecule has 4 heteroatoms. The van der Waals surface area contributed by atoms with Gasteiger partial charge in [0.2, 0.25) is 0 Å². The Hall–Kier alpha value is -1.00. The predicted octanol–water partition coefficient (Wildman–Crippen LogP) is 3.79. The van der Waals surface area contributed by atoms with Crippen LogP contribution in [0.3, 0.4) is 0 Å². The zero-order valence-corrected chi connectivity index (χ0v) is 11.6. The second-order valence-corrected chi connectivity index (χ2v) is 5.90. The highest BCUT2D eigenvalue weighted by Gasteiger charge is 2.00. The van der Waals surface area contributed by atoms with E-state index in [0.29, 0.717) is 0 Å². The van der Waals surface area contributed by atoms with Crippen LogP contribution in [0.4, 0.5) is 0 Å². The van der Waals surface area contributed by atoms with E-state index in [0.717, 1.165) is 28.0 Å². The highest BCUT2D eigenvalue weighted by atomic mass is 32.2. The highest BCUT2D eigenvalue weighted by molar-refractivity contribution is 8.01. The van der Waals surface area contributed by atoms with E-state index < -0.39 is 0 Å². The van der Waals surface area contributed by atoms with Gasteiger partial charge in [-0.05, 0) is 31.0 Å². The van der Waals surface area contributed by atoms with Crippen molar-refractivity contribution in [3.05, 3.63) is 40.9 Å². The molecule has 17 heavy (non-hydrogen) atoms. The Morgan fingerprint density at radius 1 is 1.29 bits per heavy atom. The number of aromatic nitrogens is 1. The van der Waals surface area contributed by atoms with Crippen LogP contribution in [-0.4, -0.2) is 17.8 Å². The lowest BCUT2D eigenvalue weighted by Crippen LogP contribution is -1.89. The summed E-state index contributed by atoms with van der Waals surface area (Å²) in [5.74, 6) is 1.98. The first-order valence-corrected chi connectivity index (χ1v) is 7.32. The number of nitrogens with zero attached hydrogens (tertiary/aromatic N) is 1. The third kappa shape index (κ3) is 3.75. The van der Waals surface area contributed by atoms with Crippen LogP contribution in [0.15, 0.2) is 34.0 Å². The third-order valence-electron chi connectivity index (χ3n) is 2.37. The van der Waals surface area contributed by atoms with Gasteiger partial charge in [-0.25, -0.2) is 4.98 Å². The summed E-state index contributed by atoms with van der Waals surface area (Å²) in [6, 6.07) is 8.25. The van der Waals surface area contributed by atoms with Crippen molar-refractivity contribution in [2.45, 2.75) is 17.7 Å². The Labute approximate surface area is 110 Å². The Bertz CT molecular complexity index is 465. The summed E-state index contributed by atoms with van der Waals surface area (Å²) in [5.41, 5.74) is 2.45. The van der Waals surface area contributed by atoms with E-state index in [1.54, 1.807) is 18.4 Å². The molecule has 0 radical (unpaired) electrons. The highest BCUT2D eigenvalue weighted by Crippen LogP contribution is 2.23. The number of thioether (sulfide) groups is 1. The largest absolute Gasteiger partial charge is 0.497 e. The van der Waals surface area contributed by atoms with Gasteiger partial charge in [-0.1, -0.05) is 23.9 Å². The summed E-state index contributed by atoms with van der Waals surface area (Å²) in [6.07, 6.45) is 1.06. The molecule has 0 fully saturated rings. The average molecular weight is 265 g/mol. The van der Waals surface area contributed by atoms with Crippen molar-refractivity contribution in [1.29, 1.82) is 0 Å². The molecule has 0 amide bonds. The molecule has 0 unspecified atom stereocenters. The minimum atomic E-state index is 0.914. The van der Waals surface area contributed by atoms with Gasteiger partial charge in [0.25, 0.3) is 0 Å². The van der Waals surface area contributed by atoms with Gasteiger partial charge in [0.15, 0.2) is 0 Å². The molecular formula is C13H15NOS2. The number of hydrogen-bond donors (Lipinski definition) is 0. The topological polar surface area (TPSA) is 22.1 Å². The summed E-state index contributed by atoms with van der Waals surface area (Å²) in [4.78, 5) is 4.43. The van der Waals surface area contributed by atoms with Gasteiger partial charge >= 0.3 is 0 Å². The van der Waals surface area contributed by atoms with Crippen LogP contribution in [0.2, 0.25) is 0 Å². The lowest BCUT2D eigenvalue weighted by Gasteiger charge is -2.02. The molecule has 0 bridgehead atoms. The molecule has 1 aromatic heterocycles. The fraction of sp³-hybridized carbons (Fsp3) is 0.308. The monoisotopic (exact) mass is 265 g/mol. The first kappa shape index (κ1) is 12.5. The number of ether oxygens (including phenoxy) is 1. The number of methoxy groups -OCH3 is 1. The normalized spacial score (nSPS) is 10.5. The SMILES string of the molecule is COc1ccc(CCSc2nc(C)cs2)cc1. The second kappa shape index (κ2) is 6.07. The summed E-state index contributed by atoms with van der Waals surface area (Å²) >= 11 is 3.54. The molecule has 0 aliphatic rings. The Morgan fingerprint density at radius 3 is 2.65 bits per heavy atom. The molecule has 0 saturated heterocycles. The Kier molecular flexibility index (Phi) is 4.45. The van der Waals surface area contributed by atoms with Crippen LogP contribution in [-0.2, 0) is 6.42 Å². The van der Waals surface area contributed by atoms with Crippen molar-refractivity contribution in [3.63, 3.8) is 0 Å². The van der Waals surface area contributed by atoms with Gasteiger partial charge in [0, 0.05) is 16.8 Å². The molecular weight excluding hydrogens is 250 g/mol. The van der Waals surface area contributed by atoms with Crippen molar-refractivity contribution >= 4 is 23.1 Å². The van der Waals surface area contributed by atoms with E-state index in [4.69, 9.17) is 4.74 Å². The zero-order chi connectivity index (χ0) is 12.1. The van der Waals surface area contributed by atoms with Crippen LogP contribution in [0, 0.1) is 6.92 Å². The van der Waals surface area contributed by atoms with Gasteiger partial charge in [-0.3, -0.25) is 0 Å². The van der Waals surface area contributed by atoms with Gasteiger partial charge in [0.05, 0.1) is 7.11 Å².